The Balaban J connectivity index is 3.05. The maximum absolute atomic E-state index is 11.0. The Labute approximate surface area is 97.4 Å². The van der Waals surface area contributed by atoms with Gasteiger partial charge in [0.05, 0.1) is 0 Å². The van der Waals surface area contributed by atoms with Crippen LogP contribution in [0.3, 0.4) is 0 Å². The SMILES string of the molecule is O=C(O)C(Cc1ccccc1[PH](=O)O)C(=O)O. The number of rotatable bonds is 5. The third-order valence-electron chi connectivity index (χ3n) is 2.27. The largest absolute Gasteiger partial charge is 0.481 e. The van der Waals surface area contributed by atoms with Crippen LogP contribution in [-0.4, -0.2) is 27.0 Å². The third kappa shape index (κ3) is 3.41. The number of benzene rings is 1. The molecule has 0 aliphatic heterocycles. The van der Waals surface area contributed by atoms with Gasteiger partial charge in [-0.25, -0.2) is 0 Å². The van der Waals surface area contributed by atoms with E-state index in [9.17, 15) is 14.2 Å². The van der Waals surface area contributed by atoms with E-state index in [0.29, 0.717) is 0 Å². The van der Waals surface area contributed by atoms with Crippen molar-refractivity contribution in [1.29, 1.82) is 0 Å². The van der Waals surface area contributed by atoms with E-state index in [1.54, 1.807) is 6.07 Å². The smallest absolute Gasteiger partial charge is 0.318 e. The topological polar surface area (TPSA) is 112 Å². The molecule has 1 aromatic rings. The molecule has 0 radical (unpaired) electrons. The third-order valence-corrected chi connectivity index (χ3v) is 3.22. The van der Waals surface area contributed by atoms with E-state index in [1.807, 2.05) is 0 Å². The summed E-state index contributed by atoms with van der Waals surface area (Å²) in [5.41, 5.74) is 0.272. The maximum atomic E-state index is 11.0. The van der Waals surface area contributed by atoms with E-state index in [-0.39, 0.29) is 17.3 Å². The second-order valence-corrected chi connectivity index (χ2v) is 4.54. The van der Waals surface area contributed by atoms with Crippen molar-refractivity contribution < 1.29 is 29.3 Å². The average molecular weight is 258 g/mol. The van der Waals surface area contributed by atoms with E-state index in [4.69, 9.17) is 15.1 Å². The fourth-order valence-electron chi connectivity index (χ4n) is 1.41. The van der Waals surface area contributed by atoms with Crippen LogP contribution in [-0.2, 0) is 20.6 Å². The molecule has 1 unspecified atom stereocenters. The predicted molar refractivity (Wildman–Crippen MR) is 59.8 cm³/mol. The normalized spacial score (nSPS) is 12.4. The van der Waals surface area contributed by atoms with Crippen LogP contribution < -0.4 is 5.30 Å². The van der Waals surface area contributed by atoms with Gasteiger partial charge in [0.2, 0.25) is 8.03 Å². The molecule has 1 atom stereocenters. The highest BCUT2D eigenvalue weighted by Gasteiger charge is 2.27. The van der Waals surface area contributed by atoms with E-state index < -0.39 is 25.9 Å². The zero-order valence-electron chi connectivity index (χ0n) is 8.66. The summed E-state index contributed by atoms with van der Waals surface area (Å²) in [6, 6.07) is 5.93. The second-order valence-electron chi connectivity index (χ2n) is 3.40. The van der Waals surface area contributed by atoms with Gasteiger partial charge in [-0.15, -0.1) is 0 Å². The standard InChI is InChI=1S/C10H11O6P/c11-9(12)7(10(13)14)5-6-3-1-2-4-8(6)17(15)16/h1-4,7,17H,5H2,(H,11,12)(H,13,14)(H,15,16). The van der Waals surface area contributed by atoms with Crippen molar-refractivity contribution in [3.63, 3.8) is 0 Å². The fourth-order valence-corrected chi connectivity index (χ4v) is 2.11. The summed E-state index contributed by atoms with van der Waals surface area (Å²) < 4.78 is 11.0. The molecule has 17 heavy (non-hydrogen) atoms. The lowest BCUT2D eigenvalue weighted by atomic mass is 10.00. The van der Waals surface area contributed by atoms with Gasteiger partial charge < -0.3 is 15.1 Å². The van der Waals surface area contributed by atoms with Crippen molar-refractivity contribution in [3.8, 4) is 0 Å². The molecule has 1 rings (SSSR count). The first-order chi connectivity index (χ1) is 7.93. The molecule has 0 amide bonds. The Morgan fingerprint density at radius 3 is 2.18 bits per heavy atom. The first-order valence-electron chi connectivity index (χ1n) is 4.70. The van der Waals surface area contributed by atoms with Gasteiger partial charge in [0.25, 0.3) is 0 Å². The molecule has 0 aliphatic rings. The van der Waals surface area contributed by atoms with Gasteiger partial charge in [-0.1, -0.05) is 18.2 Å². The van der Waals surface area contributed by atoms with Gasteiger partial charge in [-0.2, -0.15) is 0 Å². The minimum absolute atomic E-state index is 0.102. The highest BCUT2D eigenvalue weighted by atomic mass is 31.1. The maximum Gasteiger partial charge on any atom is 0.318 e. The minimum Gasteiger partial charge on any atom is -0.481 e. The molecule has 0 fully saturated rings. The molecule has 3 N–H and O–H groups in total. The first kappa shape index (κ1) is 13.4. The highest BCUT2D eigenvalue weighted by molar-refractivity contribution is 7.47. The summed E-state index contributed by atoms with van der Waals surface area (Å²) >= 11 is 0. The summed E-state index contributed by atoms with van der Waals surface area (Å²) in [6.07, 6.45) is -0.308. The van der Waals surface area contributed by atoms with Crippen LogP contribution in [0.2, 0.25) is 0 Å². The molecule has 1 aromatic carbocycles. The molecule has 0 saturated heterocycles. The Hall–Kier alpha value is -1.65. The van der Waals surface area contributed by atoms with Crippen molar-refractivity contribution in [2.45, 2.75) is 6.42 Å². The van der Waals surface area contributed by atoms with Crippen LogP contribution in [0, 0.1) is 5.92 Å². The molecule has 0 spiro atoms. The van der Waals surface area contributed by atoms with Gasteiger partial charge >= 0.3 is 11.9 Å². The van der Waals surface area contributed by atoms with Crippen LogP contribution in [0.4, 0.5) is 0 Å². The van der Waals surface area contributed by atoms with Gasteiger partial charge in [-0.05, 0) is 18.1 Å². The van der Waals surface area contributed by atoms with Gasteiger partial charge in [0.1, 0.15) is 0 Å². The summed E-state index contributed by atoms with van der Waals surface area (Å²) in [4.78, 5) is 30.5. The number of hydrogen-bond acceptors (Lipinski definition) is 3. The molecular weight excluding hydrogens is 247 g/mol. The van der Waals surface area contributed by atoms with E-state index in [1.165, 1.54) is 18.2 Å². The molecule has 92 valence electrons. The predicted octanol–water partition coefficient (Wildman–Crippen LogP) is 0.107. The Morgan fingerprint density at radius 2 is 1.71 bits per heavy atom. The fraction of sp³-hybridized carbons (Fsp3) is 0.200. The molecule has 0 saturated carbocycles. The second kappa shape index (κ2) is 5.61. The molecule has 0 aliphatic carbocycles. The van der Waals surface area contributed by atoms with Gasteiger partial charge in [0.15, 0.2) is 5.92 Å². The minimum atomic E-state index is -2.97. The molecular formula is C10H11O6P. The number of carbonyl (C=O) groups is 2. The van der Waals surface area contributed by atoms with E-state index >= 15 is 0 Å². The molecule has 7 heteroatoms. The number of aliphatic carboxylic acids is 2. The average Bonchev–Trinajstić information content (AvgIpc) is 2.25. The number of hydrogen-bond donors (Lipinski definition) is 3. The van der Waals surface area contributed by atoms with Crippen LogP contribution in [0.25, 0.3) is 0 Å². The van der Waals surface area contributed by atoms with Gasteiger partial charge in [-0.3, -0.25) is 14.2 Å². The Morgan fingerprint density at radius 1 is 1.18 bits per heavy atom. The molecule has 0 bridgehead atoms. The zero-order valence-corrected chi connectivity index (χ0v) is 9.66. The van der Waals surface area contributed by atoms with Crippen molar-refractivity contribution in [2.24, 2.45) is 5.92 Å². The van der Waals surface area contributed by atoms with Gasteiger partial charge in [0, 0.05) is 5.30 Å². The Bertz CT molecular complexity index is 456. The lowest BCUT2D eigenvalue weighted by Crippen LogP contribution is -2.27. The summed E-state index contributed by atoms with van der Waals surface area (Å²) in [5.74, 6) is -4.55. The highest BCUT2D eigenvalue weighted by Crippen LogP contribution is 2.18. The Kier molecular flexibility index (Phi) is 4.43. The molecule has 6 nitrogen and oxygen atoms in total. The number of carboxylic acid groups (broad SMARTS) is 2. The van der Waals surface area contributed by atoms with Crippen molar-refractivity contribution >= 4 is 25.3 Å². The van der Waals surface area contributed by atoms with Crippen molar-refractivity contribution in [1.82, 2.24) is 0 Å². The first-order valence-corrected chi connectivity index (χ1v) is 6.06. The monoisotopic (exact) mass is 258 g/mol. The summed E-state index contributed by atoms with van der Waals surface area (Å²) in [7, 11) is -2.97. The van der Waals surface area contributed by atoms with Crippen LogP contribution in [0.15, 0.2) is 24.3 Å². The lowest BCUT2D eigenvalue weighted by Gasteiger charge is -2.10. The van der Waals surface area contributed by atoms with E-state index in [0.717, 1.165) is 0 Å². The zero-order chi connectivity index (χ0) is 13.0. The van der Waals surface area contributed by atoms with Crippen molar-refractivity contribution in [3.05, 3.63) is 29.8 Å². The van der Waals surface area contributed by atoms with Crippen LogP contribution >= 0.6 is 8.03 Å². The van der Waals surface area contributed by atoms with Crippen LogP contribution in [0.5, 0.6) is 0 Å². The van der Waals surface area contributed by atoms with Crippen LogP contribution in [0.1, 0.15) is 5.56 Å². The summed E-state index contributed by atoms with van der Waals surface area (Å²) in [6.45, 7) is 0. The number of carboxylic acids is 2. The molecule has 0 aromatic heterocycles. The quantitative estimate of drug-likeness (QED) is 0.510. The lowest BCUT2D eigenvalue weighted by molar-refractivity contribution is -0.154. The summed E-state index contributed by atoms with van der Waals surface area (Å²) in [5, 5.41) is 17.5. The molecule has 0 heterocycles. The van der Waals surface area contributed by atoms with E-state index in [2.05, 4.69) is 0 Å². The van der Waals surface area contributed by atoms with Crippen molar-refractivity contribution in [2.75, 3.05) is 0 Å².